The fourth-order valence-corrected chi connectivity index (χ4v) is 3.17. The summed E-state index contributed by atoms with van der Waals surface area (Å²) in [6.07, 6.45) is 8.41. The standard InChI is InChI=1S/C14H22N4O/c1-17-9-12(8-16-17)11-5-7-18(10-11)14(19)13-4-2-3-6-15-13/h8-9,11,13,15H,2-7,10H2,1H3/t11?,13-/m1/s1. The van der Waals surface area contributed by atoms with Crippen LogP contribution in [0.4, 0.5) is 0 Å². The van der Waals surface area contributed by atoms with Crippen LogP contribution in [-0.4, -0.2) is 46.3 Å². The zero-order valence-electron chi connectivity index (χ0n) is 11.5. The Balaban J connectivity index is 1.60. The van der Waals surface area contributed by atoms with Crippen LogP contribution in [0.5, 0.6) is 0 Å². The first-order chi connectivity index (χ1) is 9.24. The van der Waals surface area contributed by atoms with Gasteiger partial charge >= 0.3 is 0 Å². The monoisotopic (exact) mass is 262 g/mol. The zero-order chi connectivity index (χ0) is 13.2. The third-order valence-corrected chi connectivity index (χ3v) is 4.30. The molecule has 3 rings (SSSR count). The van der Waals surface area contributed by atoms with Crippen LogP contribution in [0.2, 0.25) is 0 Å². The highest BCUT2D eigenvalue weighted by Gasteiger charge is 2.32. The number of nitrogens with zero attached hydrogens (tertiary/aromatic N) is 3. The molecule has 19 heavy (non-hydrogen) atoms. The Morgan fingerprint density at radius 1 is 1.42 bits per heavy atom. The summed E-state index contributed by atoms with van der Waals surface area (Å²) >= 11 is 0. The normalized spacial score (nSPS) is 27.7. The van der Waals surface area contributed by atoms with Gasteiger partial charge in [-0.2, -0.15) is 5.10 Å². The van der Waals surface area contributed by atoms with Gasteiger partial charge in [-0.05, 0) is 31.4 Å². The molecular weight excluding hydrogens is 240 g/mol. The molecule has 2 aliphatic heterocycles. The lowest BCUT2D eigenvalue weighted by Crippen LogP contribution is -2.47. The fraction of sp³-hybridized carbons (Fsp3) is 0.714. The fourth-order valence-electron chi connectivity index (χ4n) is 3.17. The second kappa shape index (κ2) is 5.33. The lowest BCUT2D eigenvalue weighted by molar-refractivity contribution is -0.133. The highest BCUT2D eigenvalue weighted by Crippen LogP contribution is 2.27. The predicted molar refractivity (Wildman–Crippen MR) is 72.8 cm³/mol. The van der Waals surface area contributed by atoms with E-state index in [2.05, 4.69) is 16.6 Å². The van der Waals surface area contributed by atoms with Gasteiger partial charge in [-0.3, -0.25) is 9.48 Å². The summed E-state index contributed by atoms with van der Waals surface area (Å²) in [5.41, 5.74) is 1.26. The van der Waals surface area contributed by atoms with Crippen LogP contribution in [0.15, 0.2) is 12.4 Å². The van der Waals surface area contributed by atoms with Gasteiger partial charge in [-0.15, -0.1) is 0 Å². The Morgan fingerprint density at radius 2 is 2.32 bits per heavy atom. The molecular formula is C14H22N4O. The molecule has 0 radical (unpaired) electrons. The number of rotatable bonds is 2. The van der Waals surface area contributed by atoms with E-state index in [9.17, 15) is 4.79 Å². The SMILES string of the molecule is Cn1cc(C2CCN(C(=O)[C@H]3CCCCN3)C2)cn1. The van der Waals surface area contributed by atoms with Crippen molar-refractivity contribution in [1.29, 1.82) is 0 Å². The molecule has 2 aliphatic rings. The van der Waals surface area contributed by atoms with Gasteiger partial charge in [0.25, 0.3) is 0 Å². The van der Waals surface area contributed by atoms with Crippen molar-refractivity contribution in [2.45, 2.75) is 37.6 Å². The lowest BCUT2D eigenvalue weighted by Gasteiger charge is -2.27. The maximum absolute atomic E-state index is 12.4. The molecule has 2 atom stereocenters. The summed E-state index contributed by atoms with van der Waals surface area (Å²) < 4.78 is 1.84. The summed E-state index contributed by atoms with van der Waals surface area (Å²) in [6, 6.07) is 0.0569. The average molecular weight is 262 g/mol. The van der Waals surface area contributed by atoms with Crippen molar-refractivity contribution >= 4 is 5.91 Å². The van der Waals surface area contributed by atoms with Gasteiger partial charge in [0.2, 0.25) is 5.91 Å². The molecule has 0 spiro atoms. The number of nitrogens with one attached hydrogen (secondary N) is 1. The molecule has 0 aliphatic carbocycles. The van der Waals surface area contributed by atoms with Gasteiger partial charge < -0.3 is 10.2 Å². The average Bonchev–Trinajstić information content (AvgIpc) is 3.07. The van der Waals surface area contributed by atoms with Crippen molar-refractivity contribution < 1.29 is 4.79 Å². The van der Waals surface area contributed by atoms with E-state index < -0.39 is 0 Å². The van der Waals surface area contributed by atoms with E-state index in [4.69, 9.17) is 0 Å². The molecule has 1 aromatic rings. The Hall–Kier alpha value is -1.36. The number of aryl methyl sites for hydroxylation is 1. The molecule has 5 heteroatoms. The molecule has 1 N–H and O–H groups in total. The Bertz CT molecular complexity index is 450. The lowest BCUT2D eigenvalue weighted by atomic mass is 10.0. The van der Waals surface area contributed by atoms with E-state index in [-0.39, 0.29) is 6.04 Å². The molecule has 0 aromatic carbocycles. The predicted octanol–water partition coefficient (Wildman–Crippen LogP) is 0.878. The molecule has 1 aromatic heterocycles. The number of aromatic nitrogens is 2. The molecule has 2 fully saturated rings. The van der Waals surface area contributed by atoms with Crippen molar-refractivity contribution in [1.82, 2.24) is 20.0 Å². The van der Waals surface area contributed by atoms with Crippen LogP contribution < -0.4 is 5.32 Å². The van der Waals surface area contributed by atoms with Gasteiger partial charge in [0.15, 0.2) is 0 Å². The Labute approximate surface area is 114 Å². The van der Waals surface area contributed by atoms with Gasteiger partial charge in [0.1, 0.15) is 0 Å². The quantitative estimate of drug-likeness (QED) is 0.860. The third-order valence-electron chi connectivity index (χ3n) is 4.30. The first-order valence-corrected chi connectivity index (χ1v) is 7.25. The molecule has 1 unspecified atom stereocenters. The Kier molecular flexibility index (Phi) is 3.55. The number of hydrogen-bond acceptors (Lipinski definition) is 3. The van der Waals surface area contributed by atoms with Crippen molar-refractivity contribution in [3.8, 4) is 0 Å². The van der Waals surface area contributed by atoms with Crippen LogP contribution in [0.25, 0.3) is 0 Å². The number of likely N-dealkylation sites (tertiary alicyclic amines) is 1. The minimum Gasteiger partial charge on any atom is -0.341 e. The van der Waals surface area contributed by atoms with Gasteiger partial charge in [-0.1, -0.05) is 6.42 Å². The van der Waals surface area contributed by atoms with E-state index in [1.807, 2.05) is 22.8 Å². The molecule has 1 amide bonds. The van der Waals surface area contributed by atoms with Crippen LogP contribution in [-0.2, 0) is 11.8 Å². The summed E-state index contributed by atoms with van der Waals surface area (Å²) in [4.78, 5) is 14.5. The highest BCUT2D eigenvalue weighted by atomic mass is 16.2. The van der Waals surface area contributed by atoms with Crippen LogP contribution in [0.3, 0.4) is 0 Å². The number of amides is 1. The summed E-state index contributed by atoms with van der Waals surface area (Å²) in [5, 5.41) is 7.57. The first-order valence-electron chi connectivity index (χ1n) is 7.25. The molecule has 2 saturated heterocycles. The number of piperidine rings is 1. The molecule has 0 saturated carbocycles. The van der Waals surface area contributed by atoms with Crippen LogP contribution in [0, 0.1) is 0 Å². The Morgan fingerprint density at radius 3 is 3.00 bits per heavy atom. The number of carbonyl (C=O) groups excluding carboxylic acids is 1. The largest absolute Gasteiger partial charge is 0.341 e. The maximum Gasteiger partial charge on any atom is 0.239 e. The smallest absolute Gasteiger partial charge is 0.239 e. The van der Waals surface area contributed by atoms with Crippen molar-refractivity contribution in [2.75, 3.05) is 19.6 Å². The van der Waals surface area contributed by atoms with Crippen molar-refractivity contribution in [3.63, 3.8) is 0 Å². The third kappa shape index (κ3) is 2.66. The van der Waals surface area contributed by atoms with E-state index >= 15 is 0 Å². The molecule has 5 nitrogen and oxygen atoms in total. The summed E-state index contributed by atoms with van der Waals surface area (Å²) in [5.74, 6) is 0.757. The molecule has 104 valence electrons. The first kappa shape index (κ1) is 12.7. The molecule has 3 heterocycles. The number of carbonyl (C=O) groups is 1. The summed E-state index contributed by atoms with van der Waals surface area (Å²) in [6.45, 7) is 2.72. The zero-order valence-corrected chi connectivity index (χ0v) is 11.5. The van der Waals surface area contributed by atoms with E-state index in [1.165, 1.54) is 18.4 Å². The van der Waals surface area contributed by atoms with E-state index in [1.54, 1.807) is 0 Å². The van der Waals surface area contributed by atoms with E-state index in [0.717, 1.165) is 32.5 Å². The minimum atomic E-state index is 0.0569. The topological polar surface area (TPSA) is 50.2 Å². The van der Waals surface area contributed by atoms with Gasteiger partial charge in [-0.25, -0.2) is 0 Å². The minimum absolute atomic E-state index is 0.0569. The molecule has 0 bridgehead atoms. The summed E-state index contributed by atoms with van der Waals surface area (Å²) in [7, 11) is 1.94. The van der Waals surface area contributed by atoms with Crippen molar-refractivity contribution in [3.05, 3.63) is 18.0 Å². The number of hydrogen-bond donors (Lipinski definition) is 1. The second-order valence-corrected chi connectivity index (χ2v) is 5.72. The van der Waals surface area contributed by atoms with Gasteiger partial charge in [0.05, 0.1) is 12.2 Å². The van der Waals surface area contributed by atoms with Crippen LogP contribution >= 0.6 is 0 Å². The van der Waals surface area contributed by atoms with Gasteiger partial charge in [0, 0.05) is 32.3 Å². The van der Waals surface area contributed by atoms with Crippen LogP contribution in [0.1, 0.15) is 37.2 Å². The maximum atomic E-state index is 12.4. The highest BCUT2D eigenvalue weighted by molar-refractivity contribution is 5.82. The second-order valence-electron chi connectivity index (χ2n) is 5.72. The van der Waals surface area contributed by atoms with E-state index in [0.29, 0.717) is 11.8 Å². The van der Waals surface area contributed by atoms with Crippen molar-refractivity contribution in [2.24, 2.45) is 7.05 Å².